The molecule has 1 aromatic carbocycles. The second-order valence-corrected chi connectivity index (χ2v) is 7.92. The highest BCUT2D eigenvalue weighted by molar-refractivity contribution is 9.10. The van der Waals surface area contributed by atoms with Crippen molar-refractivity contribution < 1.29 is 5.11 Å². The van der Waals surface area contributed by atoms with E-state index in [2.05, 4.69) is 72.6 Å². The average Bonchev–Trinajstić information content (AvgIpc) is 2.70. The number of hydrogen-bond acceptors (Lipinski definition) is 1. The van der Waals surface area contributed by atoms with Gasteiger partial charge in [0.05, 0.1) is 11.8 Å². The van der Waals surface area contributed by atoms with Crippen molar-refractivity contribution >= 4 is 15.9 Å². The fraction of sp³-hybridized carbons (Fsp3) is 0.444. The summed E-state index contributed by atoms with van der Waals surface area (Å²) in [5, 5.41) is 10.4. The Morgan fingerprint density at radius 2 is 2.00 bits per heavy atom. The summed E-state index contributed by atoms with van der Waals surface area (Å²) >= 11 is 3.71. The number of aryl methyl sites for hydroxylation is 2. The van der Waals surface area contributed by atoms with Gasteiger partial charge in [0.1, 0.15) is 0 Å². The smallest absolute Gasteiger partial charge is 0.0812 e. The minimum absolute atomic E-state index is 0.133. The molecule has 1 heterocycles. The van der Waals surface area contributed by atoms with Crippen molar-refractivity contribution in [3.63, 3.8) is 0 Å². The summed E-state index contributed by atoms with van der Waals surface area (Å²) in [5.74, 6) is 0. The molecule has 1 aliphatic rings. The van der Waals surface area contributed by atoms with Crippen LogP contribution >= 0.6 is 15.9 Å². The van der Waals surface area contributed by atoms with Gasteiger partial charge in [-0.25, -0.2) is 0 Å². The lowest BCUT2D eigenvalue weighted by molar-refractivity contribution is 0.0987. The van der Waals surface area contributed by atoms with E-state index in [9.17, 15) is 5.11 Å². The minimum Gasteiger partial charge on any atom is -0.388 e. The maximum absolute atomic E-state index is 10.4. The number of aliphatic hydroxyl groups excluding tert-OH is 1. The highest BCUT2D eigenvalue weighted by Crippen LogP contribution is 2.42. The number of hydrogen-bond donors (Lipinski definition) is 1. The molecule has 0 fully saturated rings. The number of fused-ring (bicyclic) bond motifs is 1. The highest BCUT2D eigenvalue weighted by Gasteiger charge is 2.33. The van der Waals surface area contributed by atoms with Crippen LogP contribution in [0.3, 0.4) is 0 Å². The molecular weight excluding hydrogens is 326 g/mol. The van der Waals surface area contributed by atoms with E-state index in [1.165, 1.54) is 22.5 Å². The summed E-state index contributed by atoms with van der Waals surface area (Å²) in [6.45, 7) is 8.71. The topological polar surface area (TPSA) is 25.2 Å². The summed E-state index contributed by atoms with van der Waals surface area (Å²) in [5.41, 5.74) is 6.15. The Kier molecular flexibility index (Phi) is 3.53. The first-order chi connectivity index (χ1) is 9.78. The van der Waals surface area contributed by atoms with Crippen LogP contribution in [0.1, 0.15) is 48.8 Å². The Bertz CT molecular complexity index is 676. The fourth-order valence-electron chi connectivity index (χ4n) is 3.55. The predicted octanol–water partition coefficient (Wildman–Crippen LogP) is 4.86. The number of aromatic nitrogens is 1. The second kappa shape index (κ2) is 4.99. The quantitative estimate of drug-likeness (QED) is 0.782. The largest absolute Gasteiger partial charge is 0.388 e. The van der Waals surface area contributed by atoms with Gasteiger partial charge in [0.15, 0.2) is 0 Å². The van der Waals surface area contributed by atoms with Crippen molar-refractivity contribution in [1.82, 2.24) is 4.57 Å². The Morgan fingerprint density at radius 1 is 1.29 bits per heavy atom. The normalized spacial score (nSPS) is 20.4. The monoisotopic (exact) mass is 347 g/mol. The maximum Gasteiger partial charge on any atom is 0.0812 e. The molecular formula is C18H22BrNO. The molecule has 0 saturated heterocycles. The maximum atomic E-state index is 10.4. The van der Waals surface area contributed by atoms with Crippen molar-refractivity contribution in [2.45, 2.75) is 46.6 Å². The van der Waals surface area contributed by atoms with E-state index in [0.717, 1.165) is 22.9 Å². The summed E-state index contributed by atoms with van der Waals surface area (Å²) in [7, 11) is 0. The van der Waals surface area contributed by atoms with Gasteiger partial charge >= 0.3 is 0 Å². The third-order valence-corrected chi connectivity index (χ3v) is 5.02. The zero-order valence-electron chi connectivity index (χ0n) is 13.1. The van der Waals surface area contributed by atoms with Gasteiger partial charge in [-0.2, -0.15) is 0 Å². The molecule has 0 radical (unpaired) electrons. The number of benzene rings is 1. The number of nitrogens with zero attached hydrogens (tertiary/aromatic N) is 1. The van der Waals surface area contributed by atoms with Gasteiger partial charge in [0.2, 0.25) is 0 Å². The van der Waals surface area contributed by atoms with E-state index in [1.54, 1.807) is 0 Å². The zero-order chi connectivity index (χ0) is 15.4. The van der Waals surface area contributed by atoms with Crippen molar-refractivity contribution in [2.24, 2.45) is 5.41 Å². The molecule has 0 bridgehead atoms. The van der Waals surface area contributed by atoms with E-state index < -0.39 is 0 Å². The molecule has 2 nitrogen and oxygen atoms in total. The Hall–Kier alpha value is -1.06. The second-order valence-electron chi connectivity index (χ2n) is 7.06. The fourth-order valence-corrected chi connectivity index (χ4v) is 4.42. The molecule has 3 rings (SSSR count). The Morgan fingerprint density at radius 3 is 2.67 bits per heavy atom. The molecule has 0 amide bonds. The van der Waals surface area contributed by atoms with Gasteiger partial charge in [-0.1, -0.05) is 19.9 Å². The lowest BCUT2D eigenvalue weighted by atomic mass is 9.75. The third kappa shape index (κ3) is 2.58. The van der Waals surface area contributed by atoms with Crippen LogP contribution in [-0.4, -0.2) is 9.67 Å². The van der Waals surface area contributed by atoms with Crippen LogP contribution in [0.25, 0.3) is 5.69 Å². The van der Waals surface area contributed by atoms with Crippen molar-refractivity contribution in [2.75, 3.05) is 0 Å². The number of halogens is 1. The van der Waals surface area contributed by atoms with E-state index in [4.69, 9.17) is 0 Å². The molecule has 0 saturated carbocycles. The minimum atomic E-state index is -0.352. The van der Waals surface area contributed by atoms with Crippen LogP contribution in [-0.2, 0) is 6.42 Å². The first kappa shape index (κ1) is 14.9. The van der Waals surface area contributed by atoms with Crippen LogP contribution in [0.5, 0.6) is 0 Å². The molecule has 112 valence electrons. The van der Waals surface area contributed by atoms with Crippen LogP contribution in [0.2, 0.25) is 0 Å². The van der Waals surface area contributed by atoms with Crippen LogP contribution in [0, 0.1) is 19.3 Å². The molecule has 0 aliphatic heterocycles. The van der Waals surface area contributed by atoms with Gasteiger partial charge in [-0.3, -0.25) is 0 Å². The standard InChI is InChI=1S/C18H22BrNO/c1-11-7-12(2)17(14(19)8-11)20-6-5-13-15(20)9-18(3,4)10-16(13)21/h5-8,16,21H,9-10H2,1-4H3. The van der Waals surface area contributed by atoms with E-state index >= 15 is 0 Å². The summed E-state index contributed by atoms with van der Waals surface area (Å²) in [6, 6.07) is 6.43. The first-order valence-electron chi connectivity index (χ1n) is 7.44. The lowest BCUT2D eigenvalue weighted by Gasteiger charge is -2.34. The molecule has 1 unspecified atom stereocenters. The van der Waals surface area contributed by atoms with Gasteiger partial charge in [0, 0.05) is 21.9 Å². The first-order valence-corrected chi connectivity index (χ1v) is 8.23. The SMILES string of the molecule is Cc1cc(C)c(-n2ccc3c2CC(C)(C)CC3O)c(Br)c1. The number of aliphatic hydroxyl groups is 1. The molecule has 0 spiro atoms. The molecule has 1 atom stereocenters. The van der Waals surface area contributed by atoms with Crippen LogP contribution in [0.4, 0.5) is 0 Å². The molecule has 21 heavy (non-hydrogen) atoms. The average molecular weight is 348 g/mol. The van der Waals surface area contributed by atoms with Crippen molar-refractivity contribution in [1.29, 1.82) is 0 Å². The van der Waals surface area contributed by atoms with Crippen LogP contribution < -0.4 is 0 Å². The van der Waals surface area contributed by atoms with Crippen LogP contribution in [0.15, 0.2) is 28.9 Å². The van der Waals surface area contributed by atoms with Gasteiger partial charge in [-0.05, 0) is 71.3 Å². The van der Waals surface area contributed by atoms with Gasteiger partial charge < -0.3 is 9.67 Å². The summed E-state index contributed by atoms with van der Waals surface area (Å²) in [4.78, 5) is 0. The molecule has 3 heteroatoms. The third-order valence-electron chi connectivity index (χ3n) is 4.42. The molecule has 1 aliphatic carbocycles. The summed E-state index contributed by atoms with van der Waals surface area (Å²) < 4.78 is 3.36. The Balaban J connectivity index is 2.19. The highest BCUT2D eigenvalue weighted by atomic mass is 79.9. The summed E-state index contributed by atoms with van der Waals surface area (Å²) in [6.07, 6.45) is 3.57. The van der Waals surface area contributed by atoms with Gasteiger partial charge in [0.25, 0.3) is 0 Å². The molecule has 2 aromatic rings. The number of rotatable bonds is 1. The van der Waals surface area contributed by atoms with Gasteiger partial charge in [-0.15, -0.1) is 0 Å². The lowest BCUT2D eigenvalue weighted by Crippen LogP contribution is -2.26. The Labute approximate surface area is 134 Å². The van der Waals surface area contributed by atoms with E-state index in [0.29, 0.717) is 0 Å². The van der Waals surface area contributed by atoms with E-state index in [-0.39, 0.29) is 11.5 Å². The molecule has 1 aromatic heterocycles. The van der Waals surface area contributed by atoms with Crippen molar-refractivity contribution in [3.8, 4) is 5.69 Å². The van der Waals surface area contributed by atoms with Crippen molar-refractivity contribution in [3.05, 3.63) is 51.3 Å². The van der Waals surface area contributed by atoms with E-state index in [1.807, 2.05) is 0 Å². The predicted molar refractivity (Wildman–Crippen MR) is 90.0 cm³/mol. The zero-order valence-corrected chi connectivity index (χ0v) is 14.7. The molecule has 1 N–H and O–H groups in total.